The number of likely N-dealkylation sites (N-methyl/N-ethyl adjacent to an activating group) is 1. The topological polar surface area (TPSA) is 38.8 Å². The summed E-state index contributed by atoms with van der Waals surface area (Å²) in [6, 6.07) is 15.8. The van der Waals surface area contributed by atoms with Gasteiger partial charge in [-0.2, -0.15) is 0 Å². The van der Waals surface area contributed by atoms with Gasteiger partial charge in [0.15, 0.2) is 5.78 Å². The van der Waals surface area contributed by atoms with E-state index in [1.54, 1.807) is 6.07 Å². The summed E-state index contributed by atoms with van der Waals surface area (Å²) in [6.45, 7) is 6.15. The van der Waals surface area contributed by atoms with Gasteiger partial charge in [-0.25, -0.2) is 0 Å². The third-order valence-corrected chi connectivity index (χ3v) is 4.26. The number of hydrogen-bond donors (Lipinski definition) is 0. The van der Waals surface area contributed by atoms with Gasteiger partial charge in [-0.1, -0.05) is 30.3 Å². The maximum Gasteiger partial charge on any atom is 0.170 e. The standard InChI is InChI=1S/C21H25NO3/c1-21(2)14-19(23)18-10-9-17(13-20(18)25-21)24-12-11-22(3)15-16-7-5-4-6-8-16/h4-10,13H,11-12,14-15H2,1-3H3. The number of ether oxygens (including phenoxy) is 2. The molecule has 4 nitrogen and oxygen atoms in total. The lowest BCUT2D eigenvalue weighted by Gasteiger charge is -2.31. The minimum Gasteiger partial charge on any atom is -0.492 e. The van der Waals surface area contributed by atoms with Crippen molar-refractivity contribution in [2.45, 2.75) is 32.4 Å². The molecule has 2 aromatic carbocycles. The predicted molar refractivity (Wildman–Crippen MR) is 98.4 cm³/mol. The first kappa shape index (κ1) is 17.5. The van der Waals surface area contributed by atoms with Crippen LogP contribution in [-0.2, 0) is 6.54 Å². The maximum absolute atomic E-state index is 12.2. The summed E-state index contributed by atoms with van der Waals surface area (Å²) in [5, 5.41) is 0. The Morgan fingerprint density at radius 2 is 1.92 bits per heavy atom. The Morgan fingerprint density at radius 3 is 2.68 bits per heavy atom. The average molecular weight is 339 g/mol. The number of ketones is 1. The molecule has 0 saturated heterocycles. The number of nitrogens with zero attached hydrogens (tertiary/aromatic N) is 1. The summed E-state index contributed by atoms with van der Waals surface area (Å²) in [5.74, 6) is 1.48. The molecule has 3 rings (SSSR count). The van der Waals surface area contributed by atoms with Crippen molar-refractivity contribution < 1.29 is 14.3 Å². The number of carbonyl (C=O) groups excluding carboxylic acids is 1. The van der Waals surface area contributed by atoms with E-state index in [9.17, 15) is 4.79 Å². The first-order chi connectivity index (χ1) is 11.9. The minimum atomic E-state index is -0.460. The fourth-order valence-electron chi connectivity index (χ4n) is 3.02. The third-order valence-electron chi connectivity index (χ3n) is 4.26. The fraction of sp³-hybridized carbons (Fsp3) is 0.381. The molecule has 0 saturated carbocycles. The highest BCUT2D eigenvalue weighted by atomic mass is 16.5. The second-order valence-corrected chi connectivity index (χ2v) is 7.19. The smallest absolute Gasteiger partial charge is 0.170 e. The van der Waals surface area contributed by atoms with Crippen LogP contribution in [0.5, 0.6) is 11.5 Å². The molecule has 4 heteroatoms. The normalized spacial score (nSPS) is 15.6. The molecule has 25 heavy (non-hydrogen) atoms. The first-order valence-corrected chi connectivity index (χ1v) is 8.64. The van der Waals surface area contributed by atoms with Crippen LogP contribution in [0.25, 0.3) is 0 Å². The molecule has 1 heterocycles. The monoisotopic (exact) mass is 339 g/mol. The fourth-order valence-corrected chi connectivity index (χ4v) is 3.02. The number of hydrogen-bond acceptors (Lipinski definition) is 4. The Bertz CT molecular complexity index is 740. The van der Waals surface area contributed by atoms with E-state index in [2.05, 4.69) is 36.2 Å². The molecule has 0 fully saturated rings. The zero-order chi connectivity index (χ0) is 17.9. The quantitative estimate of drug-likeness (QED) is 0.799. The SMILES string of the molecule is CN(CCOc1ccc2c(c1)OC(C)(C)CC2=O)Cc1ccccc1. The van der Waals surface area contributed by atoms with Crippen LogP contribution in [0, 0.1) is 0 Å². The van der Waals surface area contributed by atoms with Gasteiger partial charge in [-0.05, 0) is 38.6 Å². The molecule has 1 aliphatic rings. The highest BCUT2D eigenvalue weighted by Gasteiger charge is 2.32. The second kappa shape index (κ2) is 7.28. The van der Waals surface area contributed by atoms with Crippen molar-refractivity contribution in [2.75, 3.05) is 20.2 Å². The van der Waals surface area contributed by atoms with Crippen LogP contribution < -0.4 is 9.47 Å². The zero-order valence-corrected chi connectivity index (χ0v) is 15.1. The van der Waals surface area contributed by atoms with Crippen LogP contribution in [0.15, 0.2) is 48.5 Å². The van der Waals surface area contributed by atoms with E-state index in [-0.39, 0.29) is 5.78 Å². The van der Waals surface area contributed by atoms with Gasteiger partial charge in [-0.3, -0.25) is 9.69 Å². The Hall–Kier alpha value is -2.33. The summed E-state index contributed by atoms with van der Waals surface area (Å²) >= 11 is 0. The lowest BCUT2D eigenvalue weighted by atomic mass is 9.93. The summed E-state index contributed by atoms with van der Waals surface area (Å²) in [7, 11) is 2.08. The molecule has 0 amide bonds. The maximum atomic E-state index is 12.2. The number of carbonyl (C=O) groups is 1. The molecular weight excluding hydrogens is 314 g/mol. The molecule has 0 aliphatic carbocycles. The number of rotatable bonds is 6. The van der Waals surface area contributed by atoms with Gasteiger partial charge in [0.05, 0.1) is 12.0 Å². The van der Waals surface area contributed by atoms with Gasteiger partial charge >= 0.3 is 0 Å². The largest absolute Gasteiger partial charge is 0.492 e. The summed E-state index contributed by atoms with van der Waals surface area (Å²) < 4.78 is 11.8. The molecule has 0 spiro atoms. The molecule has 2 aromatic rings. The molecule has 132 valence electrons. The van der Waals surface area contributed by atoms with E-state index >= 15 is 0 Å². The van der Waals surface area contributed by atoms with Crippen molar-refractivity contribution in [2.24, 2.45) is 0 Å². The van der Waals surface area contributed by atoms with Gasteiger partial charge in [0.25, 0.3) is 0 Å². The van der Waals surface area contributed by atoms with Crippen molar-refractivity contribution >= 4 is 5.78 Å². The highest BCUT2D eigenvalue weighted by molar-refractivity contribution is 6.00. The van der Waals surface area contributed by atoms with Gasteiger partial charge in [0.1, 0.15) is 23.7 Å². The average Bonchev–Trinajstić information content (AvgIpc) is 2.54. The van der Waals surface area contributed by atoms with E-state index in [0.29, 0.717) is 24.3 Å². The Morgan fingerprint density at radius 1 is 1.16 bits per heavy atom. The first-order valence-electron chi connectivity index (χ1n) is 8.64. The van der Waals surface area contributed by atoms with Crippen molar-refractivity contribution in [3.05, 3.63) is 59.7 Å². The highest BCUT2D eigenvalue weighted by Crippen LogP contribution is 2.35. The van der Waals surface area contributed by atoms with Gasteiger partial charge in [-0.15, -0.1) is 0 Å². The zero-order valence-electron chi connectivity index (χ0n) is 15.1. The van der Waals surface area contributed by atoms with Crippen LogP contribution in [-0.4, -0.2) is 36.5 Å². The molecule has 0 radical (unpaired) electrons. The molecule has 0 N–H and O–H groups in total. The van der Waals surface area contributed by atoms with Gasteiger partial charge in [0.2, 0.25) is 0 Å². The lowest BCUT2D eigenvalue weighted by molar-refractivity contribution is 0.0618. The Balaban J connectivity index is 1.55. The van der Waals surface area contributed by atoms with Gasteiger partial charge < -0.3 is 9.47 Å². The van der Waals surface area contributed by atoms with E-state index in [4.69, 9.17) is 9.47 Å². The Kier molecular flexibility index (Phi) is 5.09. The summed E-state index contributed by atoms with van der Waals surface area (Å²) in [5.41, 5.74) is 1.47. The molecule has 1 aliphatic heterocycles. The van der Waals surface area contributed by atoms with E-state index < -0.39 is 5.60 Å². The second-order valence-electron chi connectivity index (χ2n) is 7.19. The van der Waals surface area contributed by atoms with Crippen LogP contribution in [0.2, 0.25) is 0 Å². The van der Waals surface area contributed by atoms with Crippen molar-refractivity contribution in [1.82, 2.24) is 4.90 Å². The van der Waals surface area contributed by atoms with Crippen LogP contribution >= 0.6 is 0 Å². The molecular formula is C21H25NO3. The molecule has 0 bridgehead atoms. The van der Waals surface area contributed by atoms with Crippen LogP contribution in [0.3, 0.4) is 0 Å². The van der Waals surface area contributed by atoms with E-state index in [0.717, 1.165) is 18.8 Å². The van der Waals surface area contributed by atoms with Gasteiger partial charge in [0, 0.05) is 19.2 Å². The molecule has 0 aromatic heterocycles. The van der Waals surface area contributed by atoms with Crippen molar-refractivity contribution in [3.63, 3.8) is 0 Å². The number of fused-ring (bicyclic) bond motifs is 1. The molecule has 0 atom stereocenters. The van der Waals surface area contributed by atoms with E-state index in [1.807, 2.05) is 32.0 Å². The minimum absolute atomic E-state index is 0.125. The lowest BCUT2D eigenvalue weighted by Crippen LogP contribution is -2.35. The summed E-state index contributed by atoms with van der Waals surface area (Å²) in [6.07, 6.45) is 0.407. The van der Waals surface area contributed by atoms with Crippen LogP contribution in [0.4, 0.5) is 0 Å². The number of Topliss-reactive ketones (excluding diaryl/α,β-unsaturated/α-hetero) is 1. The van der Waals surface area contributed by atoms with E-state index in [1.165, 1.54) is 5.56 Å². The molecule has 0 unspecified atom stereocenters. The van der Waals surface area contributed by atoms with Crippen LogP contribution in [0.1, 0.15) is 36.2 Å². The third kappa shape index (κ3) is 4.60. The van der Waals surface area contributed by atoms with Crippen molar-refractivity contribution in [1.29, 1.82) is 0 Å². The summed E-state index contributed by atoms with van der Waals surface area (Å²) in [4.78, 5) is 14.4. The van der Waals surface area contributed by atoms with Crippen molar-refractivity contribution in [3.8, 4) is 11.5 Å². The number of benzene rings is 2. The predicted octanol–water partition coefficient (Wildman–Crippen LogP) is 3.94. The Labute approximate surface area is 149 Å².